The van der Waals surface area contributed by atoms with Gasteiger partial charge in [0.05, 0.1) is 12.7 Å². The molecule has 2 bridgehead atoms. The molecule has 0 radical (unpaired) electrons. The van der Waals surface area contributed by atoms with Crippen LogP contribution in [0.15, 0.2) is 36.4 Å². The van der Waals surface area contributed by atoms with Crippen molar-refractivity contribution in [1.29, 1.82) is 0 Å². The van der Waals surface area contributed by atoms with Crippen LogP contribution in [-0.2, 0) is 14.2 Å². The van der Waals surface area contributed by atoms with Crippen molar-refractivity contribution in [3.05, 3.63) is 42.0 Å². The van der Waals surface area contributed by atoms with Gasteiger partial charge < -0.3 is 14.2 Å². The van der Waals surface area contributed by atoms with Crippen molar-refractivity contribution >= 4 is 6.08 Å². The maximum Gasteiger partial charge on any atom is 0.161 e. The highest BCUT2D eigenvalue weighted by Crippen LogP contribution is 2.40. The smallest absolute Gasteiger partial charge is 0.161 e. The number of fused-ring (bicyclic) bond motifs is 2. The van der Waals surface area contributed by atoms with Crippen molar-refractivity contribution in [2.24, 2.45) is 11.8 Å². The van der Waals surface area contributed by atoms with Crippen molar-refractivity contribution < 1.29 is 14.2 Å². The third-order valence-corrected chi connectivity index (χ3v) is 4.16. The van der Waals surface area contributed by atoms with E-state index in [4.69, 9.17) is 14.2 Å². The van der Waals surface area contributed by atoms with Crippen molar-refractivity contribution in [2.45, 2.75) is 31.8 Å². The second kappa shape index (κ2) is 6.08. The Labute approximate surface area is 120 Å². The van der Waals surface area contributed by atoms with E-state index >= 15 is 0 Å². The number of hydrogen-bond donors (Lipinski definition) is 0. The van der Waals surface area contributed by atoms with Crippen LogP contribution in [0.2, 0.25) is 0 Å². The lowest BCUT2D eigenvalue weighted by Gasteiger charge is -2.30. The topological polar surface area (TPSA) is 27.7 Å². The van der Waals surface area contributed by atoms with Crippen molar-refractivity contribution in [2.75, 3.05) is 13.7 Å². The summed E-state index contributed by atoms with van der Waals surface area (Å²) in [5, 5.41) is 0. The fourth-order valence-corrected chi connectivity index (χ4v) is 3.13. The molecule has 0 spiro atoms. The standard InChI is InChI=1S/C17H22O3/c1-12-10-14(9-8-13-6-4-3-5-7-13)16-15(11-18-2)19-17(12)20-16/h3-9,12,14-17H,10-11H2,1-2H3/b9-8+/t12-,14-,15+,16-,17+/m0/s1. The van der Waals surface area contributed by atoms with Crippen LogP contribution in [0.4, 0.5) is 0 Å². The summed E-state index contributed by atoms with van der Waals surface area (Å²) in [6.45, 7) is 2.79. The third-order valence-electron chi connectivity index (χ3n) is 4.16. The minimum Gasteiger partial charge on any atom is -0.382 e. The molecule has 2 heterocycles. The number of ether oxygens (including phenoxy) is 3. The molecule has 2 aliphatic heterocycles. The summed E-state index contributed by atoms with van der Waals surface area (Å²) in [6, 6.07) is 10.4. The van der Waals surface area contributed by atoms with Crippen LogP contribution in [0.1, 0.15) is 18.9 Å². The molecule has 3 nitrogen and oxygen atoms in total. The minimum atomic E-state index is -0.0541. The number of rotatable bonds is 4. The zero-order valence-corrected chi connectivity index (χ0v) is 12.1. The highest BCUT2D eigenvalue weighted by atomic mass is 16.7. The van der Waals surface area contributed by atoms with Crippen LogP contribution in [0.3, 0.4) is 0 Å². The van der Waals surface area contributed by atoms with Crippen molar-refractivity contribution in [3.8, 4) is 0 Å². The van der Waals surface area contributed by atoms with E-state index in [2.05, 4.69) is 43.3 Å². The molecule has 0 aliphatic carbocycles. The number of benzene rings is 1. The average molecular weight is 274 g/mol. The monoisotopic (exact) mass is 274 g/mol. The average Bonchev–Trinajstić information content (AvgIpc) is 2.84. The first-order valence-electron chi connectivity index (χ1n) is 7.31. The van der Waals surface area contributed by atoms with Gasteiger partial charge in [-0.2, -0.15) is 0 Å². The zero-order valence-electron chi connectivity index (χ0n) is 12.1. The lowest BCUT2D eigenvalue weighted by Crippen LogP contribution is -2.36. The van der Waals surface area contributed by atoms with Crippen LogP contribution >= 0.6 is 0 Å². The summed E-state index contributed by atoms with van der Waals surface area (Å²) in [5.74, 6) is 0.822. The van der Waals surface area contributed by atoms with Crippen LogP contribution < -0.4 is 0 Å². The third kappa shape index (κ3) is 2.80. The van der Waals surface area contributed by atoms with Crippen molar-refractivity contribution in [1.82, 2.24) is 0 Å². The molecule has 108 valence electrons. The van der Waals surface area contributed by atoms with Gasteiger partial charge in [-0.3, -0.25) is 0 Å². The molecule has 2 aliphatic rings. The normalized spacial score (nSPS) is 36.6. The SMILES string of the molecule is COC[C@H]1O[C@@H]2O[C@H]1[C@@H](/C=C/c1ccccc1)C[C@@H]2C. The molecule has 3 heteroatoms. The second-order valence-electron chi connectivity index (χ2n) is 5.75. The molecule has 0 N–H and O–H groups in total. The summed E-state index contributed by atoms with van der Waals surface area (Å²) in [4.78, 5) is 0. The Hall–Kier alpha value is -1.16. The van der Waals surface area contributed by atoms with Crippen LogP contribution in [0, 0.1) is 11.8 Å². The molecule has 5 atom stereocenters. The Morgan fingerprint density at radius 1 is 1.25 bits per heavy atom. The fraction of sp³-hybridized carbons (Fsp3) is 0.529. The maximum absolute atomic E-state index is 6.02. The minimum absolute atomic E-state index is 0.0541. The molecule has 20 heavy (non-hydrogen) atoms. The Bertz CT molecular complexity index is 457. The van der Waals surface area contributed by atoms with E-state index < -0.39 is 0 Å². The molecule has 1 aromatic rings. The summed E-state index contributed by atoms with van der Waals surface area (Å²) in [6.07, 6.45) is 5.68. The summed E-state index contributed by atoms with van der Waals surface area (Å²) >= 11 is 0. The first-order chi connectivity index (χ1) is 9.78. The second-order valence-corrected chi connectivity index (χ2v) is 5.75. The molecule has 0 unspecified atom stereocenters. The summed E-state index contributed by atoms with van der Waals surface area (Å²) in [5.41, 5.74) is 1.23. The molecule has 0 amide bonds. The molecule has 1 aromatic carbocycles. The van der Waals surface area contributed by atoms with Gasteiger partial charge in [-0.25, -0.2) is 0 Å². The lowest BCUT2D eigenvalue weighted by molar-refractivity contribution is -0.130. The highest BCUT2D eigenvalue weighted by molar-refractivity contribution is 5.49. The summed E-state index contributed by atoms with van der Waals surface area (Å²) < 4.78 is 17.2. The molecule has 0 aromatic heterocycles. The van der Waals surface area contributed by atoms with Gasteiger partial charge in [0.15, 0.2) is 6.29 Å². The Morgan fingerprint density at radius 3 is 2.80 bits per heavy atom. The molecule has 0 saturated carbocycles. The molecule has 2 saturated heterocycles. The first-order valence-corrected chi connectivity index (χ1v) is 7.31. The van der Waals surface area contributed by atoms with Crippen molar-refractivity contribution in [3.63, 3.8) is 0 Å². The van der Waals surface area contributed by atoms with E-state index in [-0.39, 0.29) is 18.5 Å². The maximum atomic E-state index is 6.02. The van der Waals surface area contributed by atoms with E-state index in [1.54, 1.807) is 7.11 Å². The van der Waals surface area contributed by atoms with Gasteiger partial charge in [-0.15, -0.1) is 0 Å². The van der Waals surface area contributed by atoms with E-state index in [1.807, 2.05) is 6.07 Å². The van der Waals surface area contributed by atoms with E-state index in [0.717, 1.165) is 6.42 Å². The molecular formula is C17H22O3. The quantitative estimate of drug-likeness (QED) is 0.844. The van der Waals surface area contributed by atoms with Crippen LogP contribution in [-0.4, -0.2) is 32.2 Å². The predicted molar refractivity (Wildman–Crippen MR) is 78.2 cm³/mol. The molecule has 3 rings (SSSR count). The fourth-order valence-electron chi connectivity index (χ4n) is 3.13. The lowest BCUT2D eigenvalue weighted by atomic mass is 9.86. The van der Waals surface area contributed by atoms with Gasteiger partial charge in [-0.1, -0.05) is 49.4 Å². The number of methoxy groups -OCH3 is 1. The van der Waals surface area contributed by atoms with E-state index in [0.29, 0.717) is 18.4 Å². The Morgan fingerprint density at radius 2 is 2.05 bits per heavy atom. The van der Waals surface area contributed by atoms with Gasteiger partial charge >= 0.3 is 0 Å². The molecule has 2 fully saturated rings. The zero-order chi connectivity index (χ0) is 13.9. The largest absolute Gasteiger partial charge is 0.382 e. The number of hydrogen-bond acceptors (Lipinski definition) is 3. The van der Waals surface area contributed by atoms with Gasteiger partial charge in [0.25, 0.3) is 0 Å². The van der Waals surface area contributed by atoms with E-state index in [1.165, 1.54) is 5.56 Å². The highest BCUT2D eigenvalue weighted by Gasteiger charge is 2.47. The van der Waals surface area contributed by atoms with Crippen LogP contribution in [0.5, 0.6) is 0 Å². The van der Waals surface area contributed by atoms with Crippen LogP contribution in [0.25, 0.3) is 6.08 Å². The van der Waals surface area contributed by atoms with Gasteiger partial charge in [-0.05, 0) is 12.0 Å². The molecular weight excluding hydrogens is 252 g/mol. The van der Waals surface area contributed by atoms with Gasteiger partial charge in [0.1, 0.15) is 6.10 Å². The van der Waals surface area contributed by atoms with Gasteiger partial charge in [0, 0.05) is 18.9 Å². The summed E-state index contributed by atoms with van der Waals surface area (Å²) in [7, 11) is 1.71. The van der Waals surface area contributed by atoms with Gasteiger partial charge in [0.2, 0.25) is 0 Å². The predicted octanol–water partition coefficient (Wildman–Crippen LogP) is 3.11. The Balaban J connectivity index is 1.73. The first kappa shape index (κ1) is 13.8. The Kier molecular flexibility index (Phi) is 4.20. The van der Waals surface area contributed by atoms with E-state index in [9.17, 15) is 0 Å².